The maximum absolute atomic E-state index is 11.6. The standard InChI is InChI=1S/C16H21NO2S/c1-3-17(4-2)9-10-20-12-13-11-16(18)19-15-8-6-5-7-14(13)15/h5-8,11H,3-4,9-10,12H2,1-2H3. The summed E-state index contributed by atoms with van der Waals surface area (Å²) in [5.74, 6) is 1.93. The molecule has 0 saturated heterocycles. The smallest absolute Gasteiger partial charge is 0.336 e. The molecule has 108 valence electrons. The number of rotatable bonds is 7. The molecule has 0 amide bonds. The second kappa shape index (κ2) is 7.50. The molecule has 0 N–H and O–H groups in total. The van der Waals surface area contributed by atoms with Crippen LogP contribution in [0.3, 0.4) is 0 Å². The molecule has 0 aliphatic carbocycles. The van der Waals surface area contributed by atoms with Gasteiger partial charge in [0.1, 0.15) is 5.58 Å². The van der Waals surface area contributed by atoms with Crippen molar-refractivity contribution in [2.45, 2.75) is 19.6 Å². The molecule has 1 aromatic carbocycles. The van der Waals surface area contributed by atoms with E-state index in [9.17, 15) is 4.79 Å². The Bertz CT molecular complexity index is 605. The number of thioether (sulfide) groups is 1. The van der Waals surface area contributed by atoms with Gasteiger partial charge in [0.2, 0.25) is 0 Å². The van der Waals surface area contributed by atoms with Crippen molar-refractivity contribution in [2.24, 2.45) is 0 Å². The monoisotopic (exact) mass is 291 g/mol. The molecule has 0 unspecified atom stereocenters. The van der Waals surface area contributed by atoms with Crippen LogP contribution in [0.2, 0.25) is 0 Å². The van der Waals surface area contributed by atoms with E-state index in [0.29, 0.717) is 5.58 Å². The first kappa shape index (κ1) is 15.1. The lowest BCUT2D eigenvalue weighted by atomic mass is 10.1. The minimum absolute atomic E-state index is 0.261. The van der Waals surface area contributed by atoms with E-state index in [1.165, 1.54) is 0 Å². The Kier molecular flexibility index (Phi) is 5.68. The van der Waals surface area contributed by atoms with Gasteiger partial charge in [-0.2, -0.15) is 11.8 Å². The molecule has 2 rings (SSSR count). The van der Waals surface area contributed by atoms with Crippen molar-refractivity contribution in [3.63, 3.8) is 0 Å². The first-order valence-electron chi connectivity index (χ1n) is 7.06. The summed E-state index contributed by atoms with van der Waals surface area (Å²) >= 11 is 1.87. The molecule has 20 heavy (non-hydrogen) atoms. The third-order valence-corrected chi connectivity index (χ3v) is 4.43. The highest BCUT2D eigenvalue weighted by atomic mass is 32.2. The van der Waals surface area contributed by atoms with E-state index in [-0.39, 0.29) is 5.63 Å². The summed E-state index contributed by atoms with van der Waals surface area (Å²) in [6, 6.07) is 9.35. The van der Waals surface area contributed by atoms with Gasteiger partial charge in [0, 0.05) is 29.5 Å². The first-order valence-corrected chi connectivity index (χ1v) is 8.22. The Labute approximate surface area is 124 Å². The lowest BCUT2D eigenvalue weighted by Crippen LogP contribution is -2.25. The van der Waals surface area contributed by atoms with Crippen LogP contribution in [-0.4, -0.2) is 30.3 Å². The lowest BCUT2D eigenvalue weighted by Gasteiger charge is -2.17. The van der Waals surface area contributed by atoms with Crippen molar-refractivity contribution in [3.8, 4) is 0 Å². The predicted molar refractivity (Wildman–Crippen MR) is 86.4 cm³/mol. The van der Waals surface area contributed by atoms with Crippen LogP contribution in [0.1, 0.15) is 19.4 Å². The number of hydrogen-bond donors (Lipinski definition) is 0. The Morgan fingerprint density at radius 1 is 1.20 bits per heavy atom. The fraction of sp³-hybridized carbons (Fsp3) is 0.438. The zero-order valence-electron chi connectivity index (χ0n) is 12.1. The molecule has 0 saturated carbocycles. The molecular weight excluding hydrogens is 270 g/mol. The van der Waals surface area contributed by atoms with E-state index in [0.717, 1.165) is 42.1 Å². The second-order valence-corrected chi connectivity index (χ2v) is 5.77. The third-order valence-electron chi connectivity index (χ3n) is 3.44. The van der Waals surface area contributed by atoms with Gasteiger partial charge < -0.3 is 9.32 Å². The molecule has 0 aliphatic heterocycles. The summed E-state index contributed by atoms with van der Waals surface area (Å²) in [5.41, 5.74) is 1.49. The summed E-state index contributed by atoms with van der Waals surface area (Å²) in [6.07, 6.45) is 0. The van der Waals surface area contributed by atoms with Gasteiger partial charge in [-0.05, 0) is 24.7 Å². The quantitative estimate of drug-likeness (QED) is 0.578. The topological polar surface area (TPSA) is 33.5 Å². The second-order valence-electron chi connectivity index (χ2n) is 4.67. The summed E-state index contributed by atoms with van der Waals surface area (Å²) in [4.78, 5) is 14.0. The molecule has 1 aromatic heterocycles. The van der Waals surface area contributed by atoms with E-state index in [1.807, 2.05) is 36.0 Å². The molecule has 0 aliphatic rings. The molecule has 2 aromatic rings. The number of para-hydroxylation sites is 1. The van der Waals surface area contributed by atoms with Gasteiger partial charge >= 0.3 is 5.63 Å². The summed E-state index contributed by atoms with van der Waals surface area (Å²) in [5, 5.41) is 1.04. The molecular formula is C16H21NO2S. The fourth-order valence-electron chi connectivity index (χ4n) is 2.21. The minimum Gasteiger partial charge on any atom is -0.423 e. The van der Waals surface area contributed by atoms with Crippen LogP contribution in [0.5, 0.6) is 0 Å². The summed E-state index contributed by atoms with van der Waals surface area (Å²) in [7, 11) is 0. The average molecular weight is 291 g/mol. The fourth-order valence-corrected chi connectivity index (χ4v) is 3.20. The van der Waals surface area contributed by atoms with Crippen molar-refractivity contribution >= 4 is 22.7 Å². The van der Waals surface area contributed by atoms with Gasteiger partial charge in [-0.15, -0.1) is 0 Å². The Balaban J connectivity index is 2.01. The molecule has 3 nitrogen and oxygen atoms in total. The number of nitrogens with zero attached hydrogens (tertiary/aromatic N) is 1. The highest BCUT2D eigenvalue weighted by Crippen LogP contribution is 2.21. The molecule has 4 heteroatoms. The molecule has 1 heterocycles. The highest BCUT2D eigenvalue weighted by Gasteiger charge is 2.05. The zero-order valence-corrected chi connectivity index (χ0v) is 12.9. The van der Waals surface area contributed by atoms with E-state index >= 15 is 0 Å². The van der Waals surface area contributed by atoms with Crippen LogP contribution in [-0.2, 0) is 5.75 Å². The SMILES string of the molecule is CCN(CC)CCSCc1cc(=O)oc2ccccc12. The Morgan fingerprint density at radius 2 is 1.95 bits per heavy atom. The number of benzene rings is 1. The lowest BCUT2D eigenvalue weighted by molar-refractivity contribution is 0.324. The van der Waals surface area contributed by atoms with E-state index in [2.05, 4.69) is 18.7 Å². The maximum Gasteiger partial charge on any atom is 0.336 e. The van der Waals surface area contributed by atoms with Gasteiger partial charge in [0.05, 0.1) is 0 Å². The van der Waals surface area contributed by atoms with Crippen LogP contribution >= 0.6 is 11.8 Å². The minimum atomic E-state index is -0.261. The Morgan fingerprint density at radius 3 is 2.70 bits per heavy atom. The van der Waals surface area contributed by atoms with Crippen LogP contribution in [0.4, 0.5) is 0 Å². The molecule has 0 spiro atoms. The van der Waals surface area contributed by atoms with Crippen LogP contribution in [0, 0.1) is 0 Å². The first-order chi connectivity index (χ1) is 9.74. The summed E-state index contributed by atoms with van der Waals surface area (Å²) in [6.45, 7) is 7.65. The van der Waals surface area contributed by atoms with E-state index in [4.69, 9.17) is 4.42 Å². The van der Waals surface area contributed by atoms with Gasteiger partial charge in [-0.3, -0.25) is 0 Å². The average Bonchev–Trinajstić information content (AvgIpc) is 2.47. The van der Waals surface area contributed by atoms with Crippen LogP contribution < -0.4 is 5.63 Å². The molecule has 0 bridgehead atoms. The normalized spacial score (nSPS) is 11.3. The molecule has 0 radical (unpaired) electrons. The number of hydrogen-bond acceptors (Lipinski definition) is 4. The van der Waals surface area contributed by atoms with Crippen LogP contribution in [0.15, 0.2) is 39.5 Å². The van der Waals surface area contributed by atoms with Crippen molar-refractivity contribution in [1.29, 1.82) is 0 Å². The highest BCUT2D eigenvalue weighted by molar-refractivity contribution is 7.98. The maximum atomic E-state index is 11.6. The number of fused-ring (bicyclic) bond motifs is 1. The van der Waals surface area contributed by atoms with Gasteiger partial charge in [-0.1, -0.05) is 32.0 Å². The largest absolute Gasteiger partial charge is 0.423 e. The van der Waals surface area contributed by atoms with Crippen molar-refractivity contribution < 1.29 is 4.42 Å². The van der Waals surface area contributed by atoms with Gasteiger partial charge in [0.15, 0.2) is 0 Å². The van der Waals surface area contributed by atoms with Crippen LogP contribution in [0.25, 0.3) is 11.0 Å². The van der Waals surface area contributed by atoms with E-state index < -0.39 is 0 Å². The molecule has 0 atom stereocenters. The summed E-state index contributed by atoms with van der Waals surface area (Å²) < 4.78 is 5.21. The van der Waals surface area contributed by atoms with E-state index in [1.54, 1.807) is 6.07 Å². The third kappa shape index (κ3) is 3.87. The van der Waals surface area contributed by atoms with Gasteiger partial charge in [-0.25, -0.2) is 4.79 Å². The Hall–Kier alpha value is -1.26. The van der Waals surface area contributed by atoms with Crippen molar-refractivity contribution in [3.05, 3.63) is 46.3 Å². The predicted octanol–water partition coefficient (Wildman–Crippen LogP) is 3.37. The van der Waals surface area contributed by atoms with Crippen molar-refractivity contribution in [1.82, 2.24) is 4.90 Å². The zero-order chi connectivity index (χ0) is 14.4. The van der Waals surface area contributed by atoms with Crippen molar-refractivity contribution in [2.75, 3.05) is 25.4 Å². The molecule has 0 fully saturated rings. The van der Waals surface area contributed by atoms with Gasteiger partial charge in [0.25, 0.3) is 0 Å².